The van der Waals surface area contributed by atoms with Crippen LogP contribution in [0.1, 0.15) is 27.9 Å². The molecule has 0 bridgehead atoms. The van der Waals surface area contributed by atoms with E-state index >= 15 is 0 Å². The third-order valence-electron chi connectivity index (χ3n) is 2.37. The van der Waals surface area contributed by atoms with Gasteiger partial charge in [0, 0.05) is 13.6 Å². The number of hydrogen-bond donors (Lipinski definition) is 3. The van der Waals surface area contributed by atoms with Crippen molar-refractivity contribution in [3.63, 3.8) is 0 Å². The lowest BCUT2D eigenvalue weighted by Crippen LogP contribution is -2.38. The Hall–Kier alpha value is -2.38. The van der Waals surface area contributed by atoms with Gasteiger partial charge in [0.2, 0.25) is 5.91 Å². The number of aromatic carboxylic acids is 1. The SMILES string of the molecule is CCN(C)C(=O)CNC(=O)c1nc[nH]c1C(=O)O. The zero-order valence-electron chi connectivity index (χ0n) is 10.1. The molecule has 0 radical (unpaired) electrons. The van der Waals surface area contributed by atoms with Crippen LogP contribution in [0.15, 0.2) is 6.33 Å². The molecule has 0 unspecified atom stereocenters. The fraction of sp³-hybridized carbons (Fsp3) is 0.400. The lowest BCUT2D eigenvalue weighted by molar-refractivity contribution is -0.128. The van der Waals surface area contributed by atoms with Crippen molar-refractivity contribution in [3.05, 3.63) is 17.7 Å². The summed E-state index contributed by atoms with van der Waals surface area (Å²) in [6.45, 7) is 2.13. The van der Waals surface area contributed by atoms with Crippen LogP contribution in [0.25, 0.3) is 0 Å². The Morgan fingerprint density at radius 3 is 2.72 bits per heavy atom. The molecule has 8 heteroatoms. The van der Waals surface area contributed by atoms with Gasteiger partial charge in [-0.25, -0.2) is 9.78 Å². The van der Waals surface area contributed by atoms with Crippen LogP contribution in [-0.2, 0) is 4.79 Å². The van der Waals surface area contributed by atoms with Gasteiger partial charge in [0.15, 0.2) is 11.4 Å². The molecular weight excluding hydrogens is 240 g/mol. The van der Waals surface area contributed by atoms with E-state index in [2.05, 4.69) is 15.3 Å². The maximum Gasteiger partial charge on any atom is 0.354 e. The molecule has 98 valence electrons. The monoisotopic (exact) mass is 254 g/mol. The van der Waals surface area contributed by atoms with Crippen LogP contribution in [-0.4, -0.2) is 57.9 Å². The van der Waals surface area contributed by atoms with E-state index in [1.54, 1.807) is 14.0 Å². The number of nitrogens with zero attached hydrogens (tertiary/aromatic N) is 2. The van der Waals surface area contributed by atoms with E-state index < -0.39 is 11.9 Å². The minimum atomic E-state index is -1.28. The molecule has 1 aromatic rings. The van der Waals surface area contributed by atoms with Gasteiger partial charge in [-0.15, -0.1) is 0 Å². The molecule has 1 heterocycles. The topological polar surface area (TPSA) is 115 Å². The van der Waals surface area contributed by atoms with Crippen molar-refractivity contribution in [1.82, 2.24) is 20.2 Å². The quantitative estimate of drug-likeness (QED) is 0.643. The molecule has 8 nitrogen and oxygen atoms in total. The predicted molar refractivity (Wildman–Crippen MR) is 61.2 cm³/mol. The fourth-order valence-electron chi connectivity index (χ4n) is 1.18. The van der Waals surface area contributed by atoms with Crippen LogP contribution in [0, 0.1) is 0 Å². The number of rotatable bonds is 5. The first-order valence-corrected chi connectivity index (χ1v) is 5.26. The minimum Gasteiger partial charge on any atom is -0.477 e. The second kappa shape index (κ2) is 5.80. The van der Waals surface area contributed by atoms with Crippen molar-refractivity contribution in [2.45, 2.75) is 6.92 Å². The molecule has 18 heavy (non-hydrogen) atoms. The molecule has 0 saturated heterocycles. The molecule has 0 aromatic carbocycles. The summed E-state index contributed by atoms with van der Waals surface area (Å²) in [7, 11) is 1.60. The first-order valence-electron chi connectivity index (χ1n) is 5.26. The van der Waals surface area contributed by atoms with Crippen molar-refractivity contribution in [3.8, 4) is 0 Å². The number of hydrogen-bond acceptors (Lipinski definition) is 4. The van der Waals surface area contributed by atoms with Gasteiger partial charge in [-0.2, -0.15) is 0 Å². The first-order chi connectivity index (χ1) is 8.47. The van der Waals surface area contributed by atoms with E-state index in [9.17, 15) is 14.4 Å². The number of carboxylic acids is 1. The van der Waals surface area contributed by atoms with E-state index in [1.165, 1.54) is 4.90 Å². The second-order valence-electron chi connectivity index (χ2n) is 3.52. The molecule has 0 aliphatic carbocycles. The molecule has 0 fully saturated rings. The minimum absolute atomic E-state index is 0.199. The van der Waals surface area contributed by atoms with Gasteiger partial charge in [0.1, 0.15) is 0 Å². The Labute approximate surface area is 103 Å². The van der Waals surface area contributed by atoms with Gasteiger partial charge in [0.05, 0.1) is 12.9 Å². The number of carbonyl (C=O) groups excluding carboxylic acids is 2. The zero-order chi connectivity index (χ0) is 13.7. The number of nitrogens with one attached hydrogen (secondary N) is 2. The van der Waals surface area contributed by atoms with Crippen LogP contribution < -0.4 is 5.32 Å². The van der Waals surface area contributed by atoms with Crippen molar-refractivity contribution in [2.24, 2.45) is 0 Å². The molecule has 0 spiro atoms. The largest absolute Gasteiger partial charge is 0.477 e. The van der Waals surface area contributed by atoms with Gasteiger partial charge in [-0.1, -0.05) is 0 Å². The summed E-state index contributed by atoms with van der Waals surface area (Å²) < 4.78 is 0. The highest BCUT2D eigenvalue weighted by Gasteiger charge is 2.20. The molecule has 3 N–H and O–H groups in total. The summed E-state index contributed by atoms with van der Waals surface area (Å²) in [4.78, 5) is 41.2. The van der Waals surface area contributed by atoms with E-state index in [-0.39, 0.29) is 23.8 Å². The number of amides is 2. The van der Waals surface area contributed by atoms with Crippen LogP contribution in [0.2, 0.25) is 0 Å². The number of carboxylic acid groups (broad SMARTS) is 1. The summed E-state index contributed by atoms with van der Waals surface area (Å²) in [5, 5.41) is 11.1. The Bertz CT molecular complexity index is 468. The fourth-order valence-corrected chi connectivity index (χ4v) is 1.18. The number of imidazole rings is 1. The highest BCUT2D eigenvalue weighted by Crippen LogP contribution is 2.02. The molecule has 0 aliphatic heterocycles. The standard InChI is InChI=1S/C10H14N4O4/c1-3-14(2)6(15)4-11-9(16)7-8(10(17)18)13-5-12-7/h5H,3-4H2,1-2H3,(H,11,16)(H,12,13)(H,17,18). The number of carbonyl (C=O) groups is 3. The van der Waals surface area contributed by atoms with Gasteiger partial charge in [0.25, 0.3) is 5.91 Å². The van der Waals surface area contributed by atoms with Crippen LogP contribution in [0.5, 0.6) is 0 Å². The van der Waals surface area contributed by atoms with Crippen LogP contribution in [0.4, 0.5) is 0 Å². The molecule has 0 atom stereocenters. The van der Waals surface area contributed by atoms with Crippen LogP contribution >= 0.6 is 0 Å². The van der Waals surface area contributed by atoms with Crippen molar-refractivity contribution >= 4 is 17.8 Å². The zero-order valence-corrected chi connectivity index (χ0v) is 10.1. The maximum atomic E-state index is 11.6. The number of likely N-dealkylation sites (N-methyl/N-ethyl adjacent to an activating group) is 1. The van der Waals surface area contributed by atoms with Crippen molar-refractivity contribution in [1.29, 1.82) is 0 Å². The third kappa shape index (κ3) is 3.06. The smallest absolute Gasteiger partial charge is 0.354 e. The number of H-pyrrole nitrogens is 1. The predicted octanol–water partition coefficient (Wildman–Crippen LogP) is -0.684. The molecule has 1 rings (SSSR count). The molecule has 1 aromatic heterocycles. The van der Waals surface area contributed by atoms with Crippen molar-refractivity contribution in [2.75, 3.05) is 20.1 Å². The summed E-state index contributed by atoms with van der Waals surface area (Å²) in [6, 6.07) is 0. The van der Waals surface area contributed by atoms with E-state index in [0.717, 1.165) is 6.33 Å². The summed E-state index contributed by atoms with van der Waals surface area (Å²) in [5.41, 5.74) is -0.543. The van der Waals surface area contributed by atoms with E-state index in [0.29, 0.717) is 6.54 Å². The molecular formula is C10H14N4O4. The Morgan fingerprint density at radius 2 is 2.17 bits per heavy atom. The van der Waals surface area contributed by atoms with E-state index in [1.807, 2.05) is 0 Å². The van der Waals surface area contributed by atoms with E-state index in [4.69, 9.17) is 5.11 Å². The maximum absolute atomic E-state index is 11.6. The molecule has 0 saturated carbocycles. The van der Waals surface area contributed by atoms with Gasteiger partial charge >= 0.3 is 5.97 Å². The van der Waals surface area contributed by atoms with Gasteiger partial charge in [-0.3, -0.25) is 9.59 Å². The Kier molecular flexibility index (Phi) is 4.41. The lowest BCUT2D eigenvalue weighted by Gasteiger charge is -2.14. The molecule has 0 aliphatic rings. The average molecular weight is 254 g/mol. The summed E-state index contributed by atoms with van der Waals surface area (Å²) in [6.07, 6.45) is 1.11. The summed E-state index contributed by atoms with van der Waals surface area (Å²) >= 11 is 0. The lowest BCUT2D eigenvalue weighted by atomic mass is 10.3. The normalized spacial score (nSPS) is 9.89. The number of aromatic amines is 1. The molecule has 2 amide bonds. The third-order valence-corrected chi connectivity index (χ3v) is 2.37. The van der Waals surface area contributed by atoms with Gasteiger partial charge in [-0.05, 0) is 6.92 Å². The van der Waals surface area contributed by atoms with Gasteiger partial charge < -0.3 is 20.3 Å². The summed E-state index contributed by atoms with van der Waals surface area (Å²) in [5.74, 6) is -2.25. The average Bonchev–Trinajstić information content (AvgIpc) is 2.83. The highest BCUT2D eigenvalue weighted by molar-refractivity contribution is 6.03. The first kappa shape index (κ1) is 13.7. The van der Waals surface area contributed by atoms with Crippen molar-refractivity contribution < 1.29 is 19.5 Å². The Balaban J connectivity index is 2.64. The van der Waals surface area contributed by atoms with Crippen LogP contribution in [0.3, 0.4) is 0 Å². The second-order valence-corrected chi connectivity index (χ2v) is 3.52. The Morgan fingerprint density at radius 1 is 1.50 bits per heavy atom. The number of aromatic nitrogens is 2. The highest BCUT2D eigenvalue weighted by atomic mass is 16.4.